The minimum Gasteiger partial charge on any atom is -0.364 e. The van der Waals surface area contributed by atoms with E-state index in [2.05, 4.69) is 0 Å². The van der Waals surface area contributed by atoms with Crippen molar-refractivity contribution in [3.63, 3.8) is 0 Å². The van der Waals surface area contributed by atoms with Crippen molar-refractivity contribution in [1.29, 1.82) is 0 Å². The molecule has 156 valence electrons. The Morgan fingerprint density at radius 2 is 1.68 bits per heavy atom. The van der Waals surface area contributed by atoms with Crippen LogP contribution in [0.2, 0.25) is 0 Å². The maximum absolute atomic E-state index is 13.9. The quantitative estimate of drug-likeness (QED) is 0.673. The predicted octanol–water partition coefficient (Wildman–Crippen LogP) is 4.81. The van der Waals surface area contributed by atoms with Gasteiger partial charge in [-0.25, -0.2) is 0 Å². The van der Waals surface area contributed by atoms with Crippen LogP contribution in [0.1, 0.15) is 29.2 Å². The van der Waals surface area contributed by atoms with Gasteiger partial charge in [-0.2, -0.15) is 0 Å². The normalized spacial score (nSPS) is 24.9. The number of ether oxygens (including phenoxy) is 1. The number of rotatable bonds is 3. The molecule has 3 aromatic carbocycles. The summed E-state index contributed by atoms with van der Waals surface area (Å²) in [4.78, 5) is 15.7. The Morgan fingerprint density at radius 3 is 2.39 bits per heavy atom. The zero-order valence-electron chi connectivity index (χ0n) is 17.7. The van der Waals surface area contributed by atoms with Crippen LogP contribution >= 0.6 is 0 Å². The number of benzene rings is 3. The molecule has 5 rings (SSSR count). The van der Waals surface area contributed by atoms with Gasteiger partial charge < -0.3 is 14.7 Å². The lowest BCUT2D eigenvalue weighted by Crippen LogP contribution is -2.50. The molecule has 0 radical (unpaired) electrons. The lowest BCUT2D eigenvalue weighted by molar-refractivity contribution is -0.189. The molecule has 4 nitrogen and oxygen atoms in total. The lowest BCUT2D eigenvalue weighted by Gasteiger charge is -2.40. The fourth-order valence-electron chi connectivity index (χ4n) is 4.77. The second kappa shape index (κ2) is 7.49. The maximum Gasteiger partial charge on any atom is 0.265 e. The summed E-state index contributed by atoms with van der Waals surface area (Å²) in [6.07, 6.45) is 0.798. The molecule has 0 bridgehead atoms. The van der Waals surface area contributed by atoms with Gasteiger partial charge in [-0.05, 0) is 24.1 Å². The van der Waals surface area contributed by atoms with Crippen molar-refractivity contribution in [2.75, 3.05) is 4.90 Å². The van der Waals surface area contributed by atoms with Crippen molar-refractivity contribution in [1.82, 2.24) is 0 Å². The van der Waals surface area contributed by atoms with Crippen molar-refractivity contribution < 1.29 is 14.6 Å². The Labute approximate surface area is 182 Å². The zero-order valence-corrected chi connectivity index (χ0v) is 17.7. The predicted molar refractivity (Wildman–Crippen MR) is 121 cm³/mol. The fourth-order valence-corrected chi connectivity index (χ4v) is 4.77. The number of hydrogen-bond acceptors (Lipinski definition) is 3. The van der Waals surface area contributed by atoms with Crippen molar-refractivity contribution in [3.8, 4) is 0 Å². The van der Waals surface area contributed by atoms with Gasteiger partial charge in [0.25, 0.3) is 5.91 Å². The Bertz CT molecular complexity index is 1160. The molecule has 1 spiro atoms. The van der Waals surface area contributed by atoms with E-state index in [0.717, 1.165) is 27.9 Å². The Hall–Kier alpha value is -3.21. The van der Waals surface area contributed by atoms with E-state index in [1.165, 1.54) is 0 Å². The van der Waals surface area contributed by atoms with Gasteiger partial charge in [0.2, 0.25) is 0 Å². The number of aryl methyl sites for hydroxylation is 1. The first-order valence-electron chi connectivity index (χ1n) is 10.6. The van der Waals surface area contributed by atoms with E-state index in [4.69, 9.17) is 4.74 Å². The number of anilines is 1. The lowest BCUT2D eigenvalue weighted by atomic mass is 9.78. The molecule has 2 heterocycles. The second-order valence-electron chi connectivity index (χ2n) is 8.38. The molecule has 1 N–H and O–H groups in total. The number of aliphatic hydroxyl groups is 1. The number of amides is 1. The summed E-state index contributed by atoms with van der Waals surface area (Å²) in [6.45, 7) is 4.46. The summed E-state index contributed by atoms with van der Waals surface area (Å²) < 4.78 is 6.27. The molecule has 2 aliphatic heterocycles. The molecule has 0 fully saturated rings. The fraction of sp³-hybridized carbons (Fsp3) is 0.222. The van der Waals surface area contributed by atoms with Crippen LogP contribution in [0.15, 0.2) is 84.9 Å². The highest BCUT2D eigenvalue weighted by molar-refractivity contribution is 6.08. The van der Waals surface area contributed by atoms with Gasteiger partial charge in [-0.1, -0.05) is 91.4 Å². The number of carbonyl (C=O) groups excluding carboxylic acids is 1. The molecule has 31 heavy (non-hydrogen) atoms. The van der Waals surface area contributed by atoms with Crippen LogP contribution in [0.5, 0.6) is 0 Å². The minimum absolute atomic E-state index is 0.133. The van der Waals surface area contributed by atoms with Crippen LogP contribution in [0.3, 0.4) is 0 Å². The van der Waals surface area contributed by atoms with Gasteiger partial charge in [-0.3, -0.25) is 4.79 Å². The first kappa shape index (κ1) is 19.7. The molecule has 0 aliphatic carbocycles. The molecule has 0 unspecified atom stereocenters. The highest BCUT2D eigenvalue weighted by Crippen LogP contribution is 2.52. The molecule has 0 saturated heterocycles. The van der Waals surface area contributed by atoms with Crippen molar-refractivity contribution in [2.24, 2.45) is 5.92 Å². The Morgan fingerprint density at radius 1 is 1.00 bits per heavy atom. The zero-order chi connectivity index (χ0) is 21.6. The molecule has 2 aliphatic rings. The molecular weight excluding hydrogens is 386 g/mol. The third-order valence-corrected chi connectivity index (χ3v) is 6.33. The number of carbonyl (C=O) groups is 1. The number of aliphatic hydroxyl groups excluding tert-OH is 1. The smallest absolute Gasteiger partial charge is 0.265 e. The van der Waals surface area contributed by atoms with Crippen LogP contribution in [0, 0.1) is 12.8 Å². The highest BCUT2D eigenvalue weighted by Gasteiger charge is 2.58. The average Bonchev–Trinajstić information content (AvgIpc) is 3.00. The first-order valence-corrected chi connectivity index (χ1v) is 10.6. The van der Waals surface area contributed by atoms with E-state index in [1.54, 1.807) is 4.90 Å². The third kappa shape index (κ3) is 3.11. The summed E-state index contributed by atoms with van der Waals surface area (Å²) in [7, 11) is 0. The van der Waals surface area contributed by atoms with Crippen molar-refractivity contribution in [3.05, 3.63) is 107 Å². The largest absolute Gasteiger partial charge is 0.364 e. The summed E-state index contributed by atoms with van der Waals surface area (Å²) in [5.74, 6) is -0.383. The molecule has 4 heteroatoms. The summed E-state index contributed by atoms with van der Waals surface area (Å²) in [5, 5.41) is 11.0. The highest BCUT2D eigenvalue weighted by atomic mass is 16.6. The van der Waals surface area contributed by atoms with E-state index in [1.807, 2.05) is 98.8 Å². The molecule has 3 aromatic rings. The average molecular weight is 412 g/mol. The monoisotopic (exact) mass is 411 g/mol. The minimum atomic E-state index is -1.24. The number of hydrogen-bond donors (Lipinski definition) is 1. The molecule has 0 saturated carbocycles. The van der Waals surface area contributed by atoms with Crippen LogP contribution in [0.4, 0.5) is 5.69 Å². The number of nitrogens with zero attached hydrogens (tertiary/aromatic N) is 1. The van der Waals surface area contributed by atoms with E-state index in [-0.39, 0.29) is 11.8 Å². The van der Waals surface area contributed by atoms with Gasteiger partial charge in [0.05, 0.1) is 12.2 Å². The third-order valence-electron chi connectivity index (χ3n) is 6.33. The second-order valence-corrected chi connectivity index (χ2v) is 8.38. The SMILES string of the molecule is Cc1ccc2c(c1)[C@@]1(O[C@@H](O)C(c3ccccc3)=C[C@H]1C)C(=O)N2Cc1ccccc1. The maximum atomic E-state index is 13.9. The van der Waals surface area contributed by atoms with Gasteiger partial charge in [-0.15, -0.1) is 0 Å². The van der Waals surface area contributed by atoms with Crippen LogP contribution in [0.25, 0.3) is 5.57 Å². The summed E-state index contributed by atoms with van der Waals surface area (Å²) in [6, 6.07) is 25.6. The van der Waals surface area contributed by atoms with Gasteiger partial charge in [0.1, 0.15) is 0 Å². The first-order chi connectivity index (χ1) is 15.0. The standard InChI is InChI=1S/C27H25NO3/c1-18-13-14-24-23(15-18)27(26(30)28(24)17-20-9-5-3-6-10-20)19(2)16-22(25(29)31-27)21-11-7-4-8-12-21/h3-16,19,25,29H,17H2,1-2H3/t19-,25-,27-/m1/s1. The van der Waals surface area contributed by atoms with Gasteiger partial charge in [0, 0.05) is 17.1 Å². The Kier molecular flexibility index (Phi) is 4.77. The topological polar surface area (TPSA) is 49.8 Å². The molecule has 3 atom stereocenters. The van der Waals surface area contributed by atoms with E-state index < -0.39 is 11.9 Å². The molecular formula is C27H25NO3. The Balaban J connectivity index is 1.61. The van der Waals surface area contributed by atoms with Crippen molar-refractivity contribution in [2.45, 2.75) is 32.3 Å². The van der Waals surface area contributed by atoms with E-state index in [0.29, 0.717) is 12.1 Å². The van der Waals surface area contributed by atoms with Gasteiger partial charge >= 0.3 is 0 Å². The molecule has 0 aromatic heterocycles. The number of fused-ring (bicyclic) bond motifs is 2. The van der Waals surface area contributed by atoms with Gasteiger partial charge in [0.15, 0.2) is 11.9 Å². The van der Waals surface area contributed by atoms with E-state index >= 15 is 0 Å². The van der Waals surface area contributed by atoms with Crippen LogP contribution in [-0.2, 0) is 21.7 Å². The van der Waals surface area contributed by atoms with Crippen LogP contribution in [-0.4, -0.2) is 17.3 Å². The summed E-state index contributed by atoms with van der Waals surface area (Å²) in [5.41, 5.74) is 4.11. The van der Waals surface area contributed by atoms with E-state index in [9.17, 15) is 9.90 Å². The molecule has 1 amide bonds. The summed E-state index contributed by atoms with van der Waals surface area (Å²) >= 11 is 0. The van der Waals surface area contributed by atoms with Crippen LogP contribution < -0.4 is 4.90 Å². The van der Waals surface area contributed by atoms with Crippen molar-refractivity contribution >= 4 is 17.2 Å².